The van der Waals surface area contributed by atoms with E-state index in [4.69, 9.17) is 0 Å². The number of imidazole rings is 1. The summed E-state index contributed by atoms with van der Waals surface area (Å²) in [6.07, 6.45) is 7.30. The second-order valence-electron chi connectivity index (χ2n) is 3.32. The molecule has 2 rings (SSSR count). The summed E-state index contributed by atoms with van der Waals surface area (Å²) in [4.78, 5) is 22.4. The van der Waals surface area contributed by atoms with Gasteiger partial charge in [0.05, 0.1) is 11.9 Å². The number of carbonyl (C=O) groups excluding carboxylic acids is 1. The molecular weight excluding hydrogens is 204 g/mol. The average molecular weight is 216 g/mol. The van der Waals surface area contributed by atoms with Gasteiger partial charge in [-0.05, 0) is 12.1 Å². The molecule has 2 N–H and O–H groups in total. The first-order chi connectivity index (χ1) is 7.86. The highest BCUT2D eigenvalue weighted by molar-refractivity contribution is 5.93. The van der Waals surface area contributed by atoms with E-state index in [0.717, 1.165) is 12.1 Å². The standard InChI is InChI=1S/C11H12N4O/c16-11(9-2-1-4-12-6-9)14-5-3-10-7-13-8-15-10/h1-2,4,6-8H,3,5H2,(H,13,15)(H,14,16). The van der Waals surface area contributed by atoms with Crippen molar-refractivity contribution in [3.8, 4) is 0 Å². The first-order valence-electron chi connectivity index (χ1n) is 5.02. The van der Waals surface area contributed by atoms with E-state index in [2.05, 4.69) is 20.3 Å². The summed E-state index contributed by atoms with van der Waals surface area (Å²) < 4.78 is 0. The van der Waals surface area contributed by atoms with Gasteiger partial charge in [-0.2, -0.15) is 0 Å². The fraction of sp³-hybridized carbons (Fsp3) is 0.182. The van der Waals surface area contributed by atoms with Gasteiger partial charge in [0, 0.05) is 37.3 Å². The van der Waals surface area contributed by atoms with E-state index < -0.39 is 0 Å². The molecule has 16 heavy (non-hydrogen) atoms. The third-order valence-electron chi connectivity index (χ3n) is 2.16. The zero-order chi connectivity index (χ0) is 11.2. The Labute approximate surface area is 92.9 Å². The maximum atomic E-state index is 11.6. The molecule has 2 aromatic rings. The molecule has 0 saturated heterocycles. The molecule has 5 nitrogen and oxygen atoms in total. The molecule has 0 aliphatic carbocycles. The lowest BCUT2D eigenvalue weighted by Gasteiger charge is -2.03. The Balaban J connectivity index is 1.81. The van der Waals surface area contributed by atoms with Gasteiger partial charge in [-0.1, -0.05) is 0 Å². The van der Waals surface area contributed by atoms with Crippen molar-refractivity contribution in [2.45, 2.75) is 6.42 Å². The SMILES string of the molecule is O=C(NCCc1cnc[nH]1)c1cccnc1. The predicted molar refractivity (Wildman–Crippen MR) is 58.9 cm³/mol. The van der Waals surface area contributed by atoms with Crippen LogP contribution in [0.1, 0.15) is 16.1 Å². The van der Waals surface area contributed by atoms with Crippen LogP contribution in [0.2, 0.25) is 0 Å². The number of amides is 1. The van der Waals surface area contributed by atoms with Crippen LogP contribution in [-0.2, 0) is 6.42 Å². The molecule has 1 amide bonds. The predicted octanol–water partition coefficient (Wildman–Crippen LogP) is 0.777. The van der Waals surface area contributed by atoms with E-state index in [1.54, 1.807) is 37.1 Å². The van der Waals surface area contributed by atoms with Crippen LogP contribution in [0.3, 0.4) is 0 Å². The van der Waals surface area contributed by atoms with Crippen LogP contribution >= 0.6 is 0 Å². The second kappa shape index (κ2) is 5.06. The van der Waals surface area contributed by atoms with E-state index in [-0.39, 0.29) is 5.91 Å². The number of H-pyrrole nitrogens is 1. The van der Waals surface area contributed by atoms with Gasteiger partial charge in [0.15, 0.2) is 0 Å². The highest BCUT2D eigenvalue weighted by Crippen LogP contribution is 1.96. The number of hydrogen-bond acceptors (Lipinski definition) is 3. The number of aromatic amines is 1. The van der Waals surface area contributed by atoms with Crippen LogP contribution in [0.25, 0.3) is 0 Å². The number of aromatic nitrogens is 3. The Hall–Kier alpha value is -2.17. The van der Waals surface area contributed by atoms with E-state index in [1.807, 2.05) is 0 Å². The fourth-order valence-corrected chi connectivity index (χ4v) is 1.33. The van der Waals surface area contributed by atoms with Gasteiger partial charge in [-0.15, -0.1) is 0 Å². The lowest BCUT2D eigenvalue weighted by Crippen LogP contribution is -2.25. The summed E-state index contributed by atoms with van der Waals surface area (Å²) >= 11 is 0. The van der Waals surface area contributed by atoms with Crippen molar-refractivity contribution in [1.82, 2.24) is 20.3 Å². The monoisotopic (exact) mass is 216 g/mol. The first kappa shape index (κ1) is 10.4. The molecule has 0 aliphatic heterocycles. The molecular formula is C11H12N4O. The van der Waals surface area contributed by atoms with Gasteiger partial charge in [0.25, 0.3) is 5.91 Å². The first-order valence-corrected chi connectivity index (χ1v) is 5.02. The number of carbonyl (C=O) groups is 1. The van der Waals surface area contributed by atoms with E-state index in [1.165, 1.54) is 0 Å². The van der Waals surface area contributed by atoms with E-state index in [9.17, 15) is 4.79 Å². The zero-order valence-electron chi connectivity index (χ0n) is 8.68. The van der Waals surface area contributed by atoms with E-state index in [0.29, 0.717) is 12.1 Å². The quantitative estimate of drug-likeness (QED) is 0.793. The number of pyridine rings is 1. The molecule has 0 fully saturated rings. The highest BCUT2D eigenvalue weighted by atomic mass is 16.1. The minimum atomic E-state index is -0.104. The second-order valence-corrected chi connectivity index (χ2v) is 3.32. The normalized spacial score (nSPS) is 10.0. The van der Waals surface area contributed by atoms with Crippen molar-refractivity contribution in [3.05, 3.63) is 48.3 Å². The Morgan fingerprint density at radius 2 is 2.31 bits per heavy atom. The summed E-state index contributed by atoms with van der Waals surface area (Å²) in [7, 11) is 0. The molecule has 82 valence electrons. The van der Waals surface area contributed by atoms with Gasteiger partial charge in [0.2, 0.25) is 0 Å². The van der Waals surface area contributed by atoms with Gasteiger partial charge in [-0.3, -0.25) is 9.78 Å². The fourth-order valence-electron chi connectivity index (χ4n) is 1.33. The van der Waals surface area contributed by atoms with Crippen LogP contribution < -0.4 is 5.32 Å². The smallest absolute Gasteiger partial charge is 0.252 e. The molecule has 0 saturated carbocycles. The molecule has 0 radical (unpaired) electrons. The molecule has 0 aliphatic rings. The Morgan fingerprint density at radius 3 is 3.00 bits per heavy atom. The van der Waals surface area contributed by atoms with Gasteiger partial charge in [-0.25, -0.2) is 4.98 Å². The molecule has 0 aromatic carbocycles. The topological polar surface area (TPSA) is 70.7 Å². The van der Waals surface area contributed by atoms with Crippen LogP contribution in [0.15, 0.2) is 37.1 Å². The van der Waals surface area contributed by atoms with E-state index >= 15 is 0 Å². The molecule has 5 heteroatoms. The molecule has 0 atom stereocenters. The summed E-state index contributed by atoms with van der Waals surface area (Å²) in [6, 6.07) is 3.47. The van der Waals surface area contributed by atoms with Crippen LogP contribution in [0, 0.1) is 0 Å². The summed E-state index contributed by atoms with van der Waals surface area (Å²) in [6.45, 7) is 0.579. The molecule has 2 heterocycles. The Kier molecular flexibility index (Phi) is 3.28. The van der Waals surface area contributed by atoms with Crippen LogP contribution in [0.4, 0.5) is 0 Å². The Morgan fingerprint density at radius 1 is 1.38 bits per heavy atom. The van der Waals surface area contributed by atoms with Crippen molar-refractivity contribution in [2.75, 3.05) is 6.54 Å². The van der Waals surface area contributed by atoms with Crippen molar-refractivity contribution >= 4 is 5.91 Å². The van der Waals surface area contributed by atoms with Gasteiger partial charge in [0.1, 0.15) is 0 Å². The lowest BCUT2D eigenvalue weighted by atomic mass is 10.2. The molecule has 2 aromatic heterocycles. The largest absolute Gasteiger partial charge is 0.352 e. The minimum absolute atomic E-state index is 0.104. The number of rotatable bonds is 4. The minimum Gasteiger partial charge on any atom is -0.352 e. The van der Waals surface area contributed by atoms with Crippen molar-refractivity contribution in [2.24, 2.45) is 0 Å². The summed E-state index contributed by atoms with van der Waals surface area (Å²) in [5, 5.41) is 2.81. The third kappa shape index (κ3) is 2.66. The van der Waals surface area contributed by atoms with Crippen molar-refractivity contribution in [3.63, 3.8) is 0 Å². The Bertz CT molecular complexity index is 438. The van der Waals surface area contributed by atoms with Crippen molar-refractivity contribution < 1.29 is 4.79 Å². The lowest BCUT2D eigenvalue weighted by molar-refractivity contribution is 0.0953. The molecule has 0 unspecified atom stereocenters. The number of nitrogens with one attached hydrogen (secondary N) is 2. The highest BCUT2D eigenvalue weighted by Gasteiger charge is 2.03. The third-order valence-corrected chi connectivity index (χ3v) is 2.16. The maximum Gasteiger partial charge on any atom is 0.252 e. The van der Waals surface area contributed by atoms with Gasteiger partial charge >= 0.3 is 0 Å². The summed E-state index contributed by atoms with van der Waals surface area (Å²) in [5.74, 6) is -0.104. The molecule has 0 bridgehead atoms. The summed E-state index contributed by atoms with van der Waals surface area (Å²) in [5.41, 5.74) is 1.58. The van der Waals surface area contributed by atoms with Gasteiger partial charge < -0.3 is 10.3 Å². The van der Waals surface area contributed by atoms with Crippen LogP contribution in [0.5, 0.6) is 0 Å². The average Bonchev–Trinajstić information content (AvgIpc) is 2.83. The zero-order valence-corrected chi connectivity index (χ0v) is 8.68. The molecule has 0 spiro atoms. The number of nitrogens with zero attached hydrogens (tertiary/aromatic N) is 2. The van der Waals surface area contributed by atoms with Crippen molar-refractivity contribution in [1.29, 1.82) is 0 Å². The van der Waals surface area contributed by atoms with Crippen LogP contribution in [-0.4, -0.2) is 27.4 Å². The maximum absolute atomic E-state index is 11.6. The number of hydrogen-bond donors (Lipinski definition) is 2.